The number of ether oxygens (including phenoxy) is 3. The number of rotatable bonds is 21. The molecule has 0 fully saturated rings. The monoisotopic (exact) mass is 666 g/mol. The Kier molecular flexibility index (Phi) is 15.9. The van der Waals surface area contributed by atoms with Crippen molar-refractivity contribution >= 4 is 27.7 Å². The molecular formula is C37H50N2O7S. The second kappa shape index (κ2) is 19.8. The molecule has 3 aromatic carbocycles. The number of nitrogens with one attached hydrogen (secondary N) is 2. The molecule has 0 aliphatic carbocycles. The summed E-state index contributed by atoms with van der Waals surface area (Å²) in [5, 5.41) is 2.73. The molecule has 1 atom stereocenters. The molecule has 10 heteroatoms. The smallest absolute Gasteiger partial charge is 0.421 e. The second-order valence-corrected chi connectivity index (χ2v) is 14.0. The summed E-state index contributed by atoms with van der Waals surface area (Å²) >= 11 is 0. The fourth-order valence-corrected chi connectivity index (χ4v) is 6.14. The van der Waals surface area contributed by atoms with Gasteiger partial charge in [-0.3, -0.25) is 4.79 Å². The maximum absolute atomic E-state index is 13.8. The summed E-state index contributed by atoms with van der Waals surface area (Å²) in [5.74, 6) is -0.547. The lowest BCUT2D eigenvalue weighted by Gasteiger charge is -2.33. The van der Waals surface area contributed by atoms with Crippen LogP contribution in [0.2, 0.25) is 0 Å². The van der Waals surface area contributed by atoms with Crippen molar-refractivity contribution in [1.29, 1.82) is 0 Å². The first-order chi connectivity index (χ1) is 22.6. The standard InChI is InChI=1S/C37H50N2O7S/c1-4-5-6-7-8-9-10-19-26-45-36(41)39-47(42,43)33-25-18-17-24-32(33)38-35(40)34(46-28-31-22-15-12-16-23-31)37(2,3)29-44-27-30-20-13-11-14-21-30/h11-18,20-25,34H,4-10,19,26-29H2,1-3H3,(H,38,40)(H,39,41). The van der Waals surface area contributed by atoms with Gasteiger partial charge in [0.25, 0.3) is 15.9 Å². The highest BCUT2D eigenvalue weighted by molar-refractivity contribution is 7.90. The molecule has 9 nitrogen and oxygen atoms in total. The highest BCUT2D eigenvalue weighted by Crippen LogP contribution is 2.29. The number of sulfonamides is 1. The van der Waals surface area contributed by atoms with Gasteiger partial charge in [-0.2, -0.15) is 0 Å². The van der Waals surface area contributed by atoms with Gasteiger partial charge in [0.1, 0.15) is 11.0 Å². The van der Waals surface area contributed by atoms with Gasteiger partial charge in [-0.1, -0.05) is 139 Å². The van der Waals surface area contributed by atoms with Crippen molar-refractivity contribution in [2.75, 3.05) is 18.5 Å². The first-order valence-electron chi connectivity index (χ1n) is 16.5. The topological polar surface area (TPSA) is 120 Å². The highest BCUT2D eigenvalue weighted by Gasteiger charge is 2.37. The van der Waals surface area contributed by atoms with Gasteiger partial charge in [0.05, 0.1) is 32.1 Å². The maximum atomic E-state index is 13.8. The van der Waals surface area contributed by atoms with E-state index in [1.165, 1.54) is 43.9 Å². The quantitative estimate of drug-likeness (QED) is 0.111. The minimum Gasteiger partial charge on any atom is -0.449 e. The molecule has 2 amide bonds. The SMILES string of the molecule is CCCCCCCCCCOC(=O)NS(=O)(=O)c1ccccc1NC(=O)C(OCc1ccccc1)C(C)(C)COCc1ccccc1. The molecule has 2 N–H and O–H groups in total. The number of hydrogen-bond donors (Lipinski definition) is 2. The molecule has 0 aliphatic rings. The molecule has 0 bridgehead atoms. The molecule has 0 heterocycles. The van der Waals surface area contributed by atoms with E-state index in [-0.39, 0.29) is 30.4 Å². The number of amides is 2. The molecule has 0 saturated carbocycles. The van der Waals surface area contributed by atoms with Gasteiger partial charge in [-0.05, 0) is 29.7 Å². The van der Waals surface area contributed by atoms with E-state index < -0.39 is 33.5 Å². The number of para-hydroxylation sites is 1. The Labute approximate surface area is 280 Å². The number of unbranched alkanes of at least 4 members (excludes halogenated alkanes) is 7. The van der Waals surface area contributed by atoms with Gasteiger partial charge < -0.3 is 19.5 Å². The Morgan fingerprint density at radius 3 is 1.94 bits per heavy atom. The largest absolute Gasteiger partial charge is 0.449 e. The second-order valence-electron chi connectivity index (χ2n) is 12.3. The van der Waals surface area contributed by atoms with Gasteiger partial charge in [-0.25, -0.2) is 17.9 Å². The van der Waals surface area contributed by atoms with Crippen molar-refractivity contribution in [1.82, 2.24) is 4.72 Å². The summed E-state index contributed by atoms with van der Waals surface area (Å²) in [5.41, 5.74) is 1.08. The van der Waals surface area contributed by atoms with Crippen LogP contribution in [0.5, 0.6) is 0 Å². The van der Waals surface area contributed by atoms with Gasteiger partial charge in [0, 0.05) is 5.41 Å². The van der Waals surface area contributed by atoms with Gasteiger partial charge >= 0.3 is 6.09 Å². The van der Waals surface area contributed by atoms with Crippen LogP contribution in [-0.4, -0.2) is 39.7 Å². The number of anilines is 1. The summed E-state index contributed by atoms with van der Waals surface area (Å²) < 4.78 is 45.8. The fourth-order valence-electron chi connectivity index (χ4n) is 5.09. The fraction of sp³-hybridized carbons (Fsp3) is 0.459. The van der Waals surface area contributed by atoms with Gasteiger partial charge in [-0.15, -0.1) is 0 Å². The van der Waals surface area contributed by atoms with E-state index in [4.69, 9.17) is 14.2 Å². The molecule has 0 saturated heterocycles. The number of benzene rings is 3. The number of carbonyl (C=O) groups excluding carboxylic acids is 2. The van der Waals surface area contributed by atoms with Crippen molar-refractivity contribution in [2.24, 2.45) is 5.41 Å². The van der Waals surface area contributed by atoms with Crippen LogP contribution in [0.3, 0.4) is 0 Å². The Balaban J connectivity index is 1.64. The minimum atomic E-state index is -4.36. The van der Waals surface area contributed by atoms with Crippen LogP contribution < -0.4 is 10.0 Å². The lowest BCUT2D eigenvalue weighted by molar-refractivity contribution is -0.141. The van der Waals surface area contributed by atoms with Crippen LogP contribution in [0, 0.1) is 5.41 Å². The molecule has 0 radical (unpaired) electrons. The molecule has 0 aromatic heterocycles. The Morgan fingerprint density at radius 2 is 1.30 bits per heavy atom. The highest BCUT2D eigenvalue weighted by atomic mass is 32.2. The summed E-state index contributed by atoms with van der Waals surface area (Å²) in [6.07, 6.45) is 6.55. The van der Waals surface area contributed by atoms with Crippen LogP contribution >= 0.6 is 0 Å². The van der Waals surface area contributed by atoms with Gasteiger partial charge in [0.15, 0.2) is 0 Å². The third-order valence-electron chi connectivity index (χ3n) is 7.68. The Morgan fingerprint density at radius 1 is 0.745 bits per heavy atom. The average Bonchev–Trinajstić information content (AvgIpc) is 3.05. The van der Waals surface area contributed by atoms with E-state index in [9.17, 15) is 18.0 Å². The van der Waals surface area contributed by atoms with Crippen LogP contribution in [0.15, 0.2) is 89.8 Å². The van der Waals surface area contributed by atoms with Gasteiger partial charge in [0.2, 0.25) is 0 Å². The van der Waals surface area contributed by atoms with E-state index in [0.717, 1.165) is 30.4 Å². The van der Waals surface area contributed by atoms with Crippen molar-refractivity contribution in [2.45, 2.75) is 96.4 Å². The van der Waals surface area contributed by atoms with E-state index in [1.54, 1.807) is 6.07 Å². The number of carbonyl (C=O) groups is 2. The van der Waals surface area contributed by atoms with Crippen LogP contribution in [0.4, 0.5) is 10.5 Å². The van der Waals surface area contributed by atoms with Crippen LogP contribution in [0.25, 0.3) is 0 Å². The molecule has 1 unspecified atom stereocenters. The van der Waals surface area contributed by atoms with E-state index in [0.29, 0.717) is 13.0 Å². The molecule has 0 aliphatic heterocycles. The minimum absolute atomic E-state index is 0.00943. The van der Waals surface area contributed by atoms with Crippen molar-refractivity contribution in [3.05, 3.63) is 96.1 Å². The average molecular weight is 667 g/mol. The first-order valence-corrected chi connectivity index (χ1v) is 18.0. The molecule has 256 valence electrons. The lowest BCUT2D eigenvalue weighted by atomic mass is 9.86. The van der Waals surface area contributed by atoms with E-state index >= 15 is 0 Å². The van der Waals surface area contributed by atoms with E-state index in [1.807, 2.05) is 79.2 Å². The first kappa shape index (κ1) is 37.7. The summed E-state index contributed by atoms with van der Waals surface area (Å²) in [7, 11) is -4.36. The van der Waals surface area contributed by atoms with Crippen LogP contribution in [-0.2, 0) is 42.2 Å². The van der Waals surface area contributed by atoms with Crippen LogP contribution in [0.1, 0.15) is 83.3 Å². The molecule has 3 rings (SSSR count). The van der Waals surface area contributed by atoms with Crippen molar-refractivity contribution in [3.8, 4) is 0 Å². The summed E-state index contributed by atoms with van der Waals surface area (Å²) in [4.78, 5) is 26.0. The zero-order chi connectivity index (χ0) is 34.0. The van der Waals surface area contributed by atoms with E-state index in [2.05, 4.69) is 12.2 Å². The summed E-state index contributed by atoms with van der Waals surface area (Å²) in [6.45, 7) is 6.74. The molecular weight excluding hydrogens is 616 g/mol. The Bertz CT molecular complexity index is 1460. The summed E-state index contributed by atoms with van der Waals surface area (Å²) in [6, 6.07) is 25.1. The molecule has 3 aromatic rings. The lowest BCUT2D eigenvalue weighted by Crippen LogP contribution is -2.45. The third-order valence-corrected chi connectivity index (χ3v) is 9.05. The van der Waals surface area contributed by atoms with Crippen molar-refractivity contribution < 1.29 is 32.2 Å². The number of hydrogen-bond acceptors (Lipinski definition) is 7. The zero-order valence-electron chi connectivity index (χ0n) is 27.9. The molecule has 47 heavy (non-hydrogen) atoms. The Hall–Kier alpha value is -3.73. The predicted molar refractivity (Wildman–Crippen MR) is 184 cm³/mol. The maximum Gasteiger partial charge on any atom is 0.421 e. The predicted octanol–water partition coefficient (Wildman–Crippen LogP) is 8.01. The molecule has 0 spiro atoms. The normalized spacial score (nSPS) is 12.3. The third kappa shape index (κ3) is 13.5. The zero-order valence-corrected chi connectivity index (χ0v) is 28.7. The van der Waals surface area contributed by atoms with Crippen molar-refractivity contribution in [3.63, 3.8) is 0 Å².